The number of amides is 2. The van der Waals surface area contributed by atoms with Crippen molar-refractivity contribution in [1.82, 2.24) is 15.2 Å². The SMILES string of the molecule is COc1cnc(Cl)c(F)c1-c1cc2c(cc1C(=O)Nc1nnc(OC3CCOC3)s1)N(C)C(=O)C21CC1. The Morgan fingerprint density at radius 1 is 1.35 bits per heavy atom. The highest BCUT2D eigenvalue weighted by molar-refractivity contribution is 7.17. The van der Waals surface area contributed by atoms with Gasteiger partial charge in [0.05, 0.1) is 37.5 Å². The highest BCUT2D eigenvalue weighted by Crippen LogP contribution is 2.58. The smallest absolute Gasteiger partial charge is 0.296 e. The summed E-state index contributed by atoms with van der Waals surface area (Å²) in [5.74, 6) is -1.35. The molecule has 4 heterocycles. The van der Waals surface area contributed by atoms with E-state index in [0.717, 1.165) is 23.3 Å². The number of rotatable bonds is 6. The molecule has 37 heavy (non-hydrogen) atoms. The maximum atomic E-state index is 15.4. The van der Waals surface area contributed by atoms with Gasteiger partial charge in [-0.3, -0.25) is 14.9 Å². The van der Waals surface area contributed by atoms with Crippen LogP contribution >= 0.6 is 22.9 Å². The zero-order valence-corrected chi connectivity index (χ0v) is 21.4. The molecule has 1 saturated heterocycles. The van der Waals surface area contributed by atoms with Crippen molar-refractivity contribution in [3.05, 3.63) is 40.4 Å². The number of benzene rings is 1. The number of halogens is 2. The highest BCUT2D eigenvalue weighted by Gasteiger charge is 2.58. The first-order valence-corrected chi connectivity index (χ1v) is 12.8. The molecule has 1 aliphatic carbocycles. The standard InChI is InChI=1S/C24H21ClFN5O5S/c1-31-15-8-13(20(32)28-22-29-30-23(37-22)36-11-3-6-35-10-11)12(7-14(15)24(4-5-24)21(31)33)17-16(34-2)9-27-19(25)18(17)26/h7-9,11H,3-6,10H2,1-2H3,(H,28,29,32). The minimum atomic E-state index is -0.831. The Morgan fingerprint density at radius 3 is 2.86 bits per heavy atom. The summed E-state index contributed by atoms with van der Waals surface area (Å²) in [6.07, 6.45) is 3.29. The van der Waals surface area contributed by atoms with Crippen molar-refractivity contribution < 1.29 is 28.2 Å². The summed E-state index contributed by atoms with van der Waals surface area (Å²) in [4.78, 5) is 31.9. The lowest BCUT2D eigenvalue weighted by Crippen LogP contribution is -2.28. The summed E-state index contributed by atoms with van der Waals surface area (Å²) in [6.45, 7) is 1.08. The average Bonchev–Trinajstić information content (AvgIpc) is 3.21. The van der Waals surface area contributed by atoms with Crippen molar-refractivity contribution in [2.45, 2.75) is 30.8 Å². The number of aromatic nitrogens is 3. The molecule has 1 saturated carbocycles. The van der Waals surface area contributed by atoms with Crippen LogP contribution in [0.5, 0.6) is 10.9 Å². The molecule has 1 N–H and O–H groups in total. The van der Waals surface area contributed by atoms with Gasteiger partial charge in [-0.05, 0) is 41.9 Å². The normalized spacial score (nSPS) is 19.3. The van der Waals surface area contributed by atoms with Crippen LogP contribution in [0.15, 0.2) is 18.3 Å². The van der Waals surface area contributed by atoms with E-state index in [9.17, 15) is 9.59 Å². The minimum Gasteiger partial charge on any atom is -0.494 e. The van der Waals surface area contributed by atoms with Gasteiger partial charge in [-0.1, -0.05) is 16.7 Å². The molecular formula is C24H21ClFN5O5S. The molecule has 1 aromatic carbocycles. The summed E-state index contributed by atoms with van der Waals surface area (Å²) < 4.78 is 31.8. The lowest BCUT2D eigenvalue weighted by atomic mass is 9.90. The van der Waals surface area contributed by atoms with Crippen LogP contribution in [0.3, 0.4) is 0 Å². The molecule has 6 rings (SSSR count). The number of anilines is 2. The molecule has 1 atom stereocenters. The number of nitrogens with one attached hydrogen (secondary N) is 1. The number of methoxy groups -OCH3 is 1. The largest absolute Gasteiger partial charge is 0.494 e. The molecule has 0 radical (unpaired) electrons. The number of likely N-dealkylation sites (N-methyl/N-ethyl adjacent to an activating group) is 1. The van der Waals surface area contributed by atoms with E-state index in [1.807, 2.05) is 0 Å². The number of ether oxygens (including phenoxy) is 3. The second-order valence-corrected chi connectivity index (χ2v) is 10.4. The monoisotopic (exact) mass is 545 g/mol. The van der Waals surface area contributed by atoms with Crippen molar-refractivity contribution in [3.63, 3.8) is 0 Å². The van der Waals surface area contributed by atoms with Gasteiger partial charge in [0.1, 0.15) is 11.9 Å². The van der Waals surface area contributed by atoms with Crippen LogP contribution < -0.4 is 19.7 Å². The van der Waals surface area contributed by atoms with E-state index in [4.69, 9.17) is 25.8 Å². The molecule has 3 aliphatic rings. The summed E-state index contributed by atoms with van der Waals surface area (Å²) in [5.41, 5.74) is 1.01. The Hall–Kier alpha value is -3.35. The highest BCUT2D eigenvalue weighted by atomic mass is 35.5. The molecule has 13 heteroatoms. The van der Waals surface area contributed by atoms with Gasteiger partial charge in [-0.2, -0.15) is 0 Å². The molecule has 192 valence electrons. The fraction of sp³-hybridized carbons (Fsp3) is 0.375. The third kappa shape index (κ3) is 3.90. The van der Waals surface area contributed by atoms with Gasteiger partial charge < -0.3 is 19.1 Å². The topological polar surface area (TPSA) is 116 Å². The van der Waals surface area contributed by atoms with Gasteiger partial charge in [0.2, 0.25) is 11.0 Å². The molecule has 2 aliphatic heterocycles. The first kappa shape index (κ1) is 24.0. The van der Waals surface area contributed by atoms with Gasteiger partial charge in [-0.15, -0.1) is 5.10 Å². The van der Waals surface area contributed by atoms with Gasteiger partial charge in [0, 0.05) is 30.3 Å². The third-order valence-electron chi connectivity index (χ3n) is 6.94. The van der Waals surface area contributed by atoms with E-state index in [0.29, 0.717) is 36.9 Å². The van der Waals surface area contributed by atoms with Gasteiger partial charge in [0.25, 0.3) is 11.1 Å². The second-order valence-electron chi connectivity index (χ2n) is 9.10. The maximum absolute atomic E-state index is 15.4. The van der Waals surface area contributed by atoms with Crippen LogP contribution in [-0.4, -0.2) is 60.5 Å². The van der Waals surface area contributed by atoms with Crippen molar-refractivity contribution in [2.24, 2.45) is 0 Å². The third-order valence-corrected chi connectivity index (χ3v) is 7.93. The fourth-order valence-corrected chi connectivity index (χ4v) is 5.67. The molecule has 2 aromatic heterocycles. The fourth-order valence-electron chi connectivity index (χ4n) is 4.87. The molecule has 2 fully saturated rings. The summed E-state index contributed by atoms with van der Waals surface area (Å²) in [5, 5.41) is 10.8. The molecule has 10 nitrogen and oxygen atoms in total. The quantitative estimate of drug-likeness (QED) is 0.465. The zero-order chi connectivity index (χ0) is 25.9. The van der Waals surface area contributed by atoms with Crippen LogP contribution in [0.4, 0.5) is 15.2 Å². The van der Waals surface area contributed by atoms with E-state index in [-0.39, 0.29) is 44.7 Å². The zero-order valence-electron chi connectivity index (χ0n) is 19.8. The molecule has 0 bridgehead atoms. The summed E-state index contributed by atoms with van der Waals surface area (Å²) in [6, 6.07) is 3.27. The average molecular weight is 546 g/mol. The molecule has 3 aromatic rings. The van der Waals surface area contributed by atoms with Crippen LogP contribution in [0.2, 0.25) is 5.15 Å². The summed E-state index contributed by atoms with van der Waals surface area (Å²) >= 11 is 7.08. The number of carbonyl (C=O) groups excluding carboxylic acids is 2. The van der Waals surface area contributed by atoms with Crippen molar-refractivity contribution >= 4 is 45.6 Å². The number of carbonyl (C=O) groups is 2. The summed E-state index contributed by atoms with van der Waals surface area (Å²) in [7, 11) is 3.04. The van der Waals surface area contributed by atoms with Gasteiger partial charge in [-0.25, -0.2) is 9.37 Å². The Labute approximate surface area is 219 Å². The van der Waals surface area contributed by atoms with Crippen LogP contribution in [-0.2, 0) is 14.9 Å². The number of hydrogen-bond donors (Lipinski definition) is 1. The van der Waals surface area contributed by atoms with Crippen molar-refractivity contribution in [1.29, 1.82) is 0 Å². The lowest BCUT2D eigenvalue weighted by molar-refractivity contribution is -0.119. The van der Waals surface area contributed by atoms with E-state index < -0.39 is 17.1 Å². The Balaban J connectivity index is 1.42. The van der Waals surface area contributed by atoms with Gasteiger partial charge in [0.15, 0.2) is 11.0 Å². The van der Waals surface area contributed by atoms with Crippen LogP contribution in [0.1, 0.15) is 35.2 Å². The Kier molecular flexibility index (Phi) is 5.77. The minimum absolute atomic E-state index is 0.0178. The lowest BCUT2D eigenvalue weighted by Gasteiger charge is -2.17. The number of pyridine rings is 1. The first-order valence-electron chi connectivity index (χ1n) is 11.6. The van der Waals surface area contributed by atoms with Crippen LogP contribution in [0, 0.1) is 5.82 Å². The van der Waals surface area contributed by atoms with Gasteiger partial charge >= 0.3 is 0 Å². The Morgan fingerprint density at radius 2 is 2.16 bits per heavy atom. The number of nitrogens with zero attached hydrogens (tertiary/aromatic N) is 4. The first-order chi connectivity index (χ1) is 17.8. The maximum Gasteiger partial charge on any atom is 0.296 e. The van der Waals surface area contributed by atoms with Crippen molar-refractivity contribution in [3.8, 4) is 22.1 Å². The predicted octanol–water partition coefficient (Wildman–Crippen LogP) is 3.83. The van der Waals surface area contributed by atoms with E-state index in [1.54, 1.807) is 19.2 Å². The van der Waals surface area contributed by atoms with E-state index in [1.165, 1.54) is 18.2 Å². The molecule has 2 amide bonds. The molecular weight excluding hydrogens is 525 g/mol. The molecule has 1 unspecified atom stereocenters. The van der Waals surface area contributed by atoms with Crippen LogP contribution in [0.25, 0.3) is 11.1 Å². The molecule has 1 spiro atoms. The van der Waals surface area contributed by atoms with E-state index >= 15 is 4.39 Å². The number of hydrogen-bond acceptors (Lipinski definition) is 9. The van der Waals surface area contributed by atoms with E-state index in [2.05, 4.69) is 20.5 Å². The predicted molar refractivity (Wildman–Crippen MR) is 133 cm³/mol. The second kappa shape index (κ2) is 8.89. The van der Waals surface area contributed by atoms with Crippen molar-refractivity contribution in [2.75, 3.05) is 37.6 Å². The number of fused-ring (bicyclic) bond motifs is 2. The Bertz CT molecular complexity index is 1440.